The van der Waals surface area contributed by atoms with Crippen LogP contribution in [-0.2, 0) is 16.0 Å². The number of benzene rings is 3. The molecule has 1 fully saturated rings. The van der Waals surface area contributed by atoms with E-state index in [9.17, 15) is 9.59 Å². The molecule has 1 atom stereocenters. The number of ether oxygens (including phenoxy) is 1. The molecule has 1 N–H and O–H groups in total. The van der Waals surface area contributed by atoms with Gasteiger partial charge in [-0.05, 0) is 42.7 Å². The highest BCUT2D eigenvalue weighted by Crippen LogP contribution is 2.32. The number of anilines is 1. The third kappa shape index (κ3) is 6.26. The van der Waals surface area contributed by atoms with Gasteiger partial charge in [0.1, 0.15) is 11.0 Å². The Morgan fingerprint density at radius 2 is 1.76 bits per heavy atom. The van der Waals surface area contributed by atoms with Crippen LogP contribution in [0.4, 0.5) is 11.4 Å². The molecule has 1 aliphatic rings. The predicted octanol–water partition coefficient (Wildman–Crippen LogP) is 5.29. The number of aliphatic imine (C=N–C) groups is 1. The maximum atomic E-state index is 13.3. The van der Waals surface area contributed by atoms with Crippen LogP contribution in [0.3, 0.4) is 0 Å². The molecule has 0 unspecified atom stereocenters. The second-order valence-electron chi connectivity index (χ2n) is 7.90. The fraction of sp³-hybridized carbons (Fsp3) is 0.222. The number of methoxy groups -OCH3 is 1. The Balaban J connectivity index is 1.44. The second-order valence-corrected chi connectivity index (χ2v) is 9.07. The molecule has 2 amide bonds. The van der Waals surface area contributed by atoms with Gasteiger partial charge in [0.25, 0.3) is 0 Å². The first-order chi connectivity index (χ1) is 16.6. The molecule has 1 heterocycles. The summed E-state index contributed by atoms with van der Waals surface area (Å²) < 4.78 is 5.21. The van der Waals surface area contributed by atoms with E-state index in [1.807, 2.05) is 60.7 Å². The Kier molecular flexibility index (Phi) is 7.99. The van der Waals surface area contributed by atoms with Crippen molar-refractivity contribution in [3.8, 4) is 5.75 Å². The average Bonchev–Trinajstić information content (AvgIpc) is 3.14. The summed E-state index contributed by atoms with van der Waals surface area (Å²) in [7, 11) is 1.58. The minimum Gasteiger partial charge on any atom is -0.497 e. The molecular weight excluding hydrogens is 446 g/mol. The number of nitrogens with one attached hydrogen (secondary N) is 1. The summed E-state index contributed by atoms with van der Waals surface area (Å²) in [6.07, 6.45) is 1.76. The number of carbonyl (C=O) groups is 2. The van der Waals surface area contributed by atoms with Gasteiger partial charge in [-0.25, -0.2) is 4.99 Å². The van der Waals surface area contributed by atoms with Crippen molar-refractivity contribution in [1.29, 1.82) is 0 Å². The minimum absolute atomic E-state index is 0.0731. The van der Waals surface area contributed by atoms with Crippen molar-refractivity contribution in [2.45, 2.75) is 24.5 Å². The Morgan fingerprint density at radius 3 is 2.50 bits per heavy atom. The molecule has 6 nitrogen and oxygen atoms in total. The van der Waals surface area contributed by atoms with Crippen molar-refractivity contribution in [2.24, 2.45) is 4.99 Å². The van der Waals surface area contributed by atoms with Gasteiger partial charge >= 0.3 is 0 Å². The Morgan fingerprint density at radius 1 is 1.03 bits per heavy atom. The largest absolute Gasteiger partial charge is 0.497 e. The number of amidine groups is 1. The Labute approximate surface area is 204 Å². The normalized spacial score (nSPS) is 16.6. The second kappa shape index (κ2) is 11.5. The van der Waals surface area contributed by atoms with Crippen molar-refractivity contribution < 1.29 is 14.3 Å². The molecule has 0 aliphatic carbocycles. The van der Waals surface area contributed by atoms with E-state index in [-0.39, 0.29) is 18.2 Å². The monoisotopic (exact) mass is 473 g/mol. The highest BCUT2D eigenvalue weighted by Gasteiger charge is 2.38. The van der Waals surface area contributed by atoms with Gasteiger partial charge in [-0.3, -0.25) is 14.5 Å². The molecule has 0 bridgehead atoms. The van der Waals surface area contributed by atoms with Crippen LogP contribution in [0.1, 0.15) is 18.4 Å². The summed E-state index contributed by atoms with van der Waals surface area (Å²) in [6, 6.07) is 26.9. The van der Waals surface area contributed by atoms with E-state index in [2.05, 4.69) is 17.4 Å². The number of para-hydroxylation sites is 1. The van der Waals surface area contributed by atoms with E-state index in [1.165, 1.54) is 17.3 Å². The zero-order valence-electron chi connectivity index (χ0n) is 19.0. The zero-order chi connectivity index (χ0) is 23.8. The lowest BCUT2D eigenvalue weighted by atomic mass is 10.1. The molecule has 4 rings (SSSR count). The highest BCUT2D eigenvalue weighted by molar-refractivity contribution is 8.15. The minimum atomic E-state index is -0.509. The summed E-state index contributed by atoms with van der Waals surface area (Å²) in [6.45, 7) is 0.556. The van der Waals surface area contributed by atoms with E-state index in [0.717, 1.165) is 18.5 Å². The van der Waals surface area contributed by atoms with Crippen LogP contribution in [0.15, 0.2) is 89.9 Å². The van der Waals surface area contributed by atoms with Crippen molar-refractivity contribution in [3.05, 3.63) is 90.5 Å². The average molecular weight is 474 g/mol. The van der Waals surface area contributed by atoms with Gasteiger partial charge in [-0.2, -0.15) is 0 Å². The molecule has 3 aromatic rings. The maximum absolute atomic E-state index is 13.3. The number of carbonyl (C=O) groups excluding carboxylic acids is 2. The summed E-state index contributed by atoms with van der Waals surface area (Å²) in [4.78, 5) is 32.4. The molecule has 0 spiro atoms. The quantitative estimate of drug-likeness (QED) is 0.459. The van der Waals surface area contributed by atoms with Crippen molar-refractivity contribution in [2.75, 3.05) is 19.0 Å². The van der Waals surface area contributed by atoms with Crippen LogP contribution in [0, 0.1) is 0 Å². The van der Waals surface area contributed by atoms with E-state index >= 15 is 0 Å². The molecule has 174 valence electrons. The number of hydrogen-bond donors (Lipinski definition) is 1. The van der Waals surface area contributed by atoms with Crippen molar-refractivity contribution in [3.63, 3.8) is 0 Å². The molecule has 1 saturated heterocycles. The first-order valence-corrected chi connectivity index (χ1v) is 12.1. The molecule has 1 aliphatic heterocycles. The Bertz CT molecular complexity index is 1150. The van der Waals surface area contributed by atoms with Gasteiger partial charge in [0.2, 0.25) is 11.8 Å². The maximum Gasteiger partial charge on any atom is 0.242 e. The Hall–Kier alpha value is -3.58. The van der Waals surface area contributed by atoms with Crippen molar-refractivity contribution >= 4 is 40.1 Å². The third-order valence-corrected chi connectivity index (χ3v) is 6.59. The SMILES string of the molecule is COc1cccc(NC(=O)C[C@H]2SC(=Nc3ccccc3)N(CCCc3ccccc3)C2=O)c1. The summed E-state index contributed by atoms with van der Waals surface area (Å²) in [5, 5.41) is 3.00. The van der Waals surface area contributed by atoms with Gasteiger partial charge in [0.05, 0.1) is 12.8 Å². The van der Waals surface area contributed by atoms with Gasteiger partial charge in [-0.15, -0.1) is 0 Å². The number of hydrogen-bond acceptors (Lipinski definition) is 5. The van der Waals surface area contributed by atoms with E-state index in [0.29, 0.717) is 23.1 Å². The summed E-state index contributed by atoms with van der Waals surface area (Å²) >= 11 is 1.36. The van der Waals surface area contributed by atoms with Crippen molar-refractivity contribution in [1.82, 2.24) is 4.90 Å². The molecule has 0 aromatic heterocycles. The van der Waals surface area contributed by atoms with Gasteiger partial charge in [0.15, 0.2) is 5.17 Å². The smallest absolute Gasteiger partial charge is 0.242 e. The fourth-order valence-electron chi connectivity index (χ4n) is 3.71. The predicted molar refractivity (Wildman–Crippen MR) is 138 cm³/mol. The lowest BCUT2D eigenvalue weighted by Gasteiger charge is -2.16. The molecule has 0 radical (unpaired) electrons. The van der Waals surface area contributed by atoms with E-state index in [1.54, 1.807) is 24.1 Å². The summed E-state index contributed by atoms with van der Waals surface area (Å²) in [5.74, 6) is 0.365. The third-order valence-electron chi connectivity index (χ3n) is 5.42. The first-order valence-electron chi connectivity index (χ1n) is 11.2. The van der Waals surface area contributed by atoms with E-state index in [4.69, 9.17) is 9.73 Å². The van der Waals surface area contributed by atoms with E-state index < -0.39 is 5.25 Å². The van der Waals surface area contributed by atoms with Crippen LogP contribution in [0.2, 0.25) is 0 Å². The number of amides is 2. The topological polar surface area (TPSA) is 71.0 Å². The number of aryl methyl sites for hydroxylation is 1. The lowest BCUT2D eigenvalue weighted by molar-refractivity contribution is -0.128. The fourth-order valence-corrected chi connectivity index (χ4v) is 4.89. The number of thioether (sulfide) groups is 1. The van der Waals surface area contributed by atoms with Crippen LogP contribution >= 0.6 is 11.8 Å². The number of nitrogens with zero attached hydrogens (tertiary/aromatic N) is 2. The van der Waals surface area contributed by atoms with Gasteiger partial charge in [0, 0.05) is 24.7 Å². The standard InChI is InChI=1S/C27H27N3O3S/c1-33-23-16-8-15-22(18-23)28-25(31)19-24-26(32)30(17-9-12-20-10-4-2-5-11-20)27(34-24)29-21-13-6-3-7-14-21/h2-8,10-11,13-16,18,24H,9,12,17,19H2,1H3,(H,28,31)/t24-/m1/s1. The molecule has 0 saturated carbocycles. The van der Waals surface area contributed by atoms with Crippen LogP contribution < -0.4 is 10.1 Å². The van der Waals surface area contributed by atoms with Crippen LogP contribution in [0.5, 0.6) is 5.75 Å². The highest BCUT2D eigenvalue weighted by atomic mass is 32.2. The summed E-state index contributed by atoms with van der Waals surface area (Å²) in [5.41, 5.74) is 2.66. The number of rotatable bonds is 9. The van der Waals surface area contributed by atoms with Gasteiger partial charge in [-0.1, -0.05) is 66.4 Å². The van der Waals surface area contributed by atoms with Crippen LogP contribution in [0.25, 0.3) is 0 Å². The zero-order valence-corrected chi connectivity index (χ0v) is 19.8. The van der Waals surface area contributed by atoms with Gasteiger partial charge < -0.3 is 10.1 Å². The molecule has 3 aromatic carbocycles. The molecule has 34 heavy (non-hydrogen) atoms. The first kappa shape index (κ1) is 23.6. The van der Waals surface area contributed by atoms with Crippen LogP contribution in [-0.4, -0.2) is 40.8 Å². The molecular formula is C27H27N3O3S. The molecule has 7 heteroatoms. The lowest BCUT2D eigenvalue weighted by Crippen LogP contribution is -2.34.